The normalized spacial score (nSPS) is 9.57. The summed E-state index contributed by atoms with van der Waals surface area (Å²) in [4.78, 5) is 2.73. The first-order valence-corrected chi connectivity index (χ1v) is 6.40. The number of hydrogen-bond donors (Lipinski definition) is 1. The van der Waals surface area contributed by atoms with Crippen LogP contribution in [0.15, 0.2) is 0 Å². The van der Waals surface area contributed by atoms with Crippen molar-refractivity contribution in [2.24, 2.45) is 0 Å². The molecular weight excluding hydrogens is 240 g/mol. The van der Waals surface area contributed by atoms with Gasteiger partial charge < -0.3 is 5.11 Å². The summed E-state index contributed by atoms with van der Waals surface area (Å²) in [6.45, 7) is 0.352. The van der Waals surface area contributed by atoms with Gasteiger partial charge in [0.2, 0.25) is 0 Å². The minimum absolute atomic E-state index is 0.352. The highest BCUT2D eigenvalue weighted by Crippen LogP contribution is 2.09. The maximum atomic E-state index is 8.57. The Labute approximate surface area is 96.4 Å². The molecule has 0 saturated heterocycles. The zero-order chi connectivity index (χ0) is 10.5. The third-order valence-corrected chi connectivity index (χ3v) is 2.56. The Bertz CT molecular complexity index is 157. The number of aliphatic hydroxyl groups excluding tert-OH is 1. The maximum absolute atomic E-state index is 8.57. The molecule has 0 rings (SSSR count). The Morgan fingerprint density at radius 1 is 0.786 bits per heavy atom. The zero-order valence-electron chi connectivity index (χ0n) is 8.90. The van der Waals surface area contributed by atoms with Crippen molar-refractivity contribution in [3.8, 4) is 10.8 Å². The van der Waals surface area contributed by atoms with Crippen LogP contribution in [0.25, 0.3) is 0 Å². The molecule has 0 amide bonds. The number of unbranched alkanes of at least 4 members (excludes halogenated alkanes) is 8. The molecule has 0 aromatic rings. The number of hydrogen-bond acceptors (Lipinski definition) is 1. The van der Waals surface area contributed by atoms with Crippen molar-refractivity contribution >= 4 is 15.9 Å². The van der Waals surface area contributed by atoms with Crippen LogP contribution in [0.3, 0.4) is 0 Å². The summed E-state index contributed by atoms with van der Waals surface area (Å²) < 4.78 is 0. The van der Waals surface area contributed by atoms with Crippen LogP contribution in [0.5, 0.6) is 0 Å². The summed E-state index contributed by atoms with van der Waals surface area (Å²) in [6, 6.07) is 0. The molecule has 0 aromatic heterocycles. The van der Waals surface area contributed by atoms with E-state index in [1.807, 2.05) is 0 Å². The van der Waals surface area contributed by atoms with E-state index >= 15 is 0 Å². The highest BCUT2D eigenvalue weighted by molar-refractivity contribution is 9.12. The molecule has 0 fully saturated rings. The average Bonchev–Trinajstić information content (AvgIpc) is 2.21. The van der Waals surface area contributed by atoms with E-state index in [1.165, 1.54) is 44.9 Å². The lowest BCUT2D eigenvalue weighted by atomic mass is 10.1. The molecule has 0 heterocycles. The second-order valence-corrected chi connectivity index (χ2v) is 3.97. The van der Waals surface area contributed by atoms with Gasteiger partial charge in [-0.1, -0.05) is 44.4 Å². The Hall–Kier alpha value is 0. The standard InChI is InChI=1S/C12H21BrO/c13-11-9-7-5-3-1-2-4-6-8-10-12-14/h14H,1-8,10,12H2. The van der Waals surface area contributed by atoms with Crippen LogP contribution in [0.1, 0.15) is 57.8 Å². The number of rotatable bonds is 9. The lowest BCUT2D eigenvalue weighted by Crippen LogP contribution is -1.84. The quantitative estimate of drug-likeness (QED) is 0.494. The van der Waals surface area contributed by atoms with Crippen LogP contribution < -0.4 is 0 Å². The highest BCUT2D eigenvalue weighted by atomic mass is 79.9. The molecule has 0 aliphatic rings. The van der Waals surface area contributed by atoms with Gasteiger partial charge in [-0.2, -0.15) is 0 Å². The predicted molar refractivity (Wildman–Crippen MR) is 65.3 cm³/mol. The fourth-order valence-corrected chi connectivity index (χ4v) is 1.63. The van der Waals surface area contributed by atoms with Crippen LogP contribution >= 0.6 is 15.9 Å². The molecule has 0 bridgehead atoms. The lowest BCUT2D eigenvalue weighted by molar-refractivity contribution is 0.282. The van der Waals surface area contributed by atoms with Crippen molar-refractivity contribution in [3.05, 3.63) is 0 Å². The first-order valence-electron chi connectivity index (χ1n) is 5.61. The average molecular weight is 261 g/mol. The topological polar surface area (TPSA) is 20.2 Å². The van der Waals surface area contributed by atoms with E-state index in [2.05, 4.69) is 26.7 Å². The molecule has 82 valence electrons. The second kappa shape index (κ2) is 13.0. The number of halogens is 1. The van der Waals surface area contributed by atoms with Gasteiger partial charge in [-0.15, -0.1) is 0 Å². The molecule has 0 spiro atoms. The molecule has 0 aliphatic heterocycles. The number of aliphatic hydroxyl groups is 1. The summed E-state index contributed by atoms with van der Waals surface area (Å²) in [5.74, 6) is 3.01. The predicted octanol–water partition coefficient (Wildman–Crippen LogP) is 3.85. The van der Waals surface area contributed by atoms with Crippen LogP contribution in [0.4, 0.5) is 0 Å². The lowest BCUT2D eigenvalue weighted by Gasteiger charge is -1.99. The fraction of sp³-hybridized carbons (Fsp3) is 0.833. The van der Waals surface area contributed by atoms with Crippen molar-refractivity contribution in [2.75, 3.05) is 6.61 Å². The van der Waals surface area contributed by atoms with Gasteiger partial charge in [0.25, 0.3) is 0 Å². The molecule has 0 radical (unpaired) electrons. The van der Waals surface area contributed by atoms with Crippen LogP contribution in [-0.2, 0) is 0 Å². The van der Waals surface area contributed by atoms with Gasteiger partial charge >= 0.3 is 0 Å². The van der Waals surface area contributed by atoms with Gasteiger partial charge in [-0.05, 0) is 17.7 Å². The molecule has 0 unspecified atom stereocenters. The molecule has 0 atom stereocenters. The van der Waals surface area contributed by atoms with Crippen molar-refractivity contribution in [1.29, 1.82) is 0 Å². The zero-order valence-corrected chi connectivity index (χ0v) is 10.5. The SMILES string of the molecule is OCCCCCCCCCCC#CBr. The van der Waals surface area contributed by atoms with E-state index in [-0.39, 0.29) is 0 Å². The molecular formula is C12H21BrO. The summed E-state index contributed by atoms with van der Waals surface area (Å²) in [5.41, 5.74) is 0. The molecule has 14 heavy (non-hydrogen) atoms. The van der Waals surface area contributed by atoms with E-state index in [4.69, 9.17) is 5.11 Å². The third-order valence-electron chi connectivity index (χ3n) is 2.28. The van der Waals surface area contributed by atoms with Gasteiger partial charge in [-0.3, -0.25) is 0 Å². The van der Waals surface area contributed by atoms with E-state index in [1.54, 1.807) is 0 Å². The van der Waals surface area contributed by atoms with E-state index < -0.39 is 0 Å². The van der Waals surface area contributed by atoms with Gasteiger partial charge in [0.05, 0.1) is 0 Å². The van der Waals surface area contributed by atoms with Crippen molar-refractivity contribution in [1.82, 2.24) is 0 Å². The first kappa shape index (κ1) is 14.0. The summed E-state index contributed by atoms with van der Waals surface area (Å²) in [7, 11) is 0. The maximum Gasteiger partial charge on any atom is 0.0431 e. The molecule has 1 nitrogen and oxygen atoms in total. The monoisotopic (exact) mass is 260 g/mol. The Kier molecular flexibility index (Phi) is 13.0. The van der Waals surface area contributed by atoms with Gasteiger partial charge in [0.1, 0.15) is 0 Å². The Balaban J connectivity index is 2.87. The minimum Gasteiger partial charge on any atom is -0.396 e. The van der Waals surface area contributed by atoms with Crippen molar-refractivity contribution in [2.45, 2.75) is 57.8 Å². The smallest absolute Gasteiger partial charge is 0.0431 e. The van der Waals surface area contributed by atoms with E-state index in [0.717, 1.165) is 12.8 Å². The van der Waals surface area contributed by atoms with E-state index in [9.17, 15) is 0 Å². The van der Waals surface area contributed by atoms with Crippen molar-refractivity contribution in [3.63, 3.8) is 0 Å². The van der Waals surface area contributed by atoms with Gasteiger partial charge in [0, 0.05) is 29.0 Å². The van der Waals surface area contributed by atoms with E-state index in [0.29, 0.717) is 6.61 Å². The summed E-state index contributed by atoms with van der Waals surface area (Å²) in [5, 5.41) is 8.57. The fourth-order valence-electron chi connectivity index (χ4n) is 1.43. The van der Waals surface area contributed by atoms with Gasteiger partial charge in [-0.25, -0.2) is 0 Å². The van der Waals surface area contributed by atoms with Crippen molar-refractivity contribution < 1.29 is 5.11 Å². The minimum atomic E-state index is 0.352. The third kappa shape index (κ3) is 12.0. The van der Waals surface area contributed by atoms with Crippen LogP contribution in [0.2, 0.25) is 0 Å². The highest BCUT2D eigenvalue weighted by Gasteiger charge is 1.90. The molecule has 0 aromatic carbocycles. The van der Waals surface area contributed by atoms with Crippen LogP contribution in [0, 0.1) is 10.8 Å². The summed E-state index contributed by atoms with van der Waals surface area (Å²) in [6.07, 6.45) is 11.0. The molecule has 0 aliphatic carbocycles. The molecule has 2 heteroatoms. The molecule has 1 N–H and O–H groups in total. The van der Waals surface area contributed by atoms with Gasteiger partial charge in [0.15, 0.2) is 0 Å². The van der Waals surface area contributed by atoms with Crippen LogP contribution in [-0.4, -0.2) is 11.7 Å². The Morgan fingerprint density at radius 2 is 1.29 bits per heavy atom. The Morgan fingerprint density at radius 3 is 1.79 bits per heavy atom. The molecule has 0 saturated carbocycles. The largest absolute Gasteiger partial charge is 0.396 e. The first-order chi connectivity index (χ1) is 6.91. The second-order valence-electron chi connectivity index (χ2n) is 3.57. The summed E-state index contributed by atoms with van der Waals surface area (Å²) >= 11 is 3.09.